The number of carbonyl (C=O) groups excluding carboxylic acids is 1. The van der Waals surface area contributed by atoms with E-state index >= 15 is 0 Å². The first-order valence-electron chi connectivity index (χ1n) is 8.00. The summed E-state index contributed by atoms with van der Waals surface area (Å²) in [5.41, 5.74) is 0. The van der Waals surface area contributed by atoms with Gasteiger partial charge >= 0.3 is 0 Å². The van der Waals surface area contributed by atoms with Crippen LogP contribution in [0.15, 0.2) is 60.0 Å². The van der Waals surface area contributed by atoms with Crippen LogP contribution in [0.1, 0.15) is 0 Å². The first-order chi connectivity index (χ1) is 12.0. The quantitative estimate of drug-likeness (QED) is 0.832. The Bertz CT molecular complexity index is 910. The predicted octanol–water partition coefficient (Wildman–Crippen LogP) is 1.22. The van der Waals surface area contributed by atoms with Crippen LogP contribution < -0.4 is 0 Å². The van der Waals surface area contributed by atoms with Gasteiger partial charge in [0, 0.05) is 19.6 Å². The number of carbonyl (C=O) groups is 1. The highest BCUT2D eigenvalue weighted by Crippen LogP contribution is 2.25. The molecule has 0 unspecified atom stereocenters. The van der Waals surface area contributed by atoms with Gasteiger partial charge in [-0.25, -0.2) is 8.42 Å². The van der Waals surface area contributed by atoms with Gasteiger partial charge in [-0.2, -0.15) is 4.31 Å². The second kappa shape index (κ2) is 6.95. The van der Waals surface area contributed by atoms with Crippen molar-refractivity contribution in [3.05, 3.63) is 55.1 Å². The minimum atomic E-state index is -3.76. The lowest BCUT2D eigenvalue weighted by molar-refractivity contribution is -0.128. The largest absolute Gasteiger partial charge is 0.395 e. The van der Waals surface area contributed by atoms with Crippen molar-refractivity contribution in [1.29, 1.82) is 0 Å². The van der Waals surface area contributed by atoms with Crippen molar-refractivity contribution >= 4 is 26.7 Å². The fourth-order valence-corrected chi connectivity index (χ4v) is 4.73. The van der Waals surface area contributed by atoms with Crippen molar-refractivity contribution in [2.45, 2.75) is 10.9 Å². The summed E-state index contributed by atoms with van der Waals surface area (Å²) in [6.07, 6.45) is 1.20. The smallest absolute Gasteiger partial charge is 0.246 e. The lowest BCUT2D eigenvalue weighted by Gasteiger charge is -2.39. The Kier molecular flexibility index (Phi) is 4.89. The minimum absolute atomic E-state index is 0.139. The van der Waals surface area contributed by atoms with Crippen molar-refractivity contribution in [2.24, 2.45) is 0 Å². The topological polar surface area (TPSA) is 77.9 Å². The Morgan fingerprint density at radius 1 is 1.20 bits per heavy atom. The molecule has 0 aliphatic carbocycles. The molecule has 0 spiro atoms. The minimum Gasteiger partial charge on any atom is -0.395 e. The lowest BCUT2D eigenvalue weighted by atomic mass is 10.1. The van der Waals surface area contributed by atoms with Gasteiger partial charge < -0.3 is 10.0 Å². The van der Waals surface area contributed by atoms with Crippen molar-refractivity contribution in [2.75, 3.05) is 26.2 Å². The van der Waals surface area contributed by atoms with E-state index in [4.69, 9.17) is 0 Å². The first kappa shape index (κ1) is 17.6. The third kappa shape index (κ3) is 3.30. The van der Waals surface area contributed by atoms with E-state index in [1.54, 1.807) is 18.2 Å². The molecule has 0 radical (unpaired) electrons. The molecule has 1 N–H and O–H groups in total. The number of benzene rings is 2. The summed E-state index contributed by atoms with van der Waals surface area (Å²) in [6.45, 7) is 3.65. The zero-order valence-corrected chi connectivity index (χ0v) is 14.5. The van der Waals surface area contributed by atoms with Crippen molar-refractivity contribution < 1.29 is 18.3 Å². The average Bonchev–Trinajstić information content (AvgIpc) is 2.66. The van der Waals surface area contributed by atoms with E-state index in [-0.39, 0.29) is 37.0 Å². The molecule has 7 heteroatoms. The number of rotatable bonds is 4. The summed E-state index contributed by atoms with van der Waals surface area (Å²) < 4.78 is 27.4. The van der Waals surface area contributed by atoms with Crippen LogP contribution in [0.25, 0.3) is 10.8 Å². The SMILES string of the molecule is C=CC(=O)N1CCN(S(=O)(=O)c2ccc3ccccc3c2)[C@@H](CO)C1. The Balaban J connectivity index is 1.92. The molecule has 25 heavy (non-hydrogen) atoms. The highest BCUT2D eigenvalue weighted by molar-refractivity contribution is 7.89. The third-order valence-corrected chi connectivity index (χ3v) is 6.40. The maximum atomic E-state index is 13.0. The Hall–Kier alpha value is -2.22. The van der Waals surface area contributed by atoms with Crippen LogP contribution >= 0.6 is 0 Å². The molecular formula is C18H20N2O4S. The van der Waals surface area contributed by atoms with Gasteiger partial charge in [-0.3, -0.25) is 4.79 Å². The number of sulfonamides is 1. The summed E-state index contributed by atoms with van der Waals surface area (Å²) in [5, 5.41) is 11.4. The number of aliphatic hydroxyl groups excluding tert-OH is 1. The lowest BCUT2D eigenvalue weighted by Crippen LogP contribution is -2.57. The second-order valence-corrected chi connectivity index (χ2v) is 7.84. The van der Waals surface area contributed by atoms with Crippen LogP contribution in [0.3, 0.4) is 0 Å². The molecule has 1 atom stereocenters. The molecule has 2 aromatic rings. The van der Waals surface area contributed by atoms with Crippen molar-refractivity contribution in [1.82, 2.24) is 9.21 Å². The van der Waals surface area contributed by atoms with E-state index in [0.29, 0.717) is 0 Å². The molecule has 6 nitrogen and oxygen atoms in total. The molecule has 1 heterocycles. The first-order valence-corrected chi connectivity index (χ1v) is 9.44. The molecule has 1 aliphatic rings. The molecule has 3 rings (SSSR count). The van der Waals surface area contributed by atoms with E-state index in [0.717, 1.165) is 10.8 Å². The standard InChI is InChI=1S/C18H20N2O4S/c1-2-18(22)19-9-10-20(16(12-19)13-21)25(23,24)17-8-7-14-5-3-4-6-15(14)11-17/h2-8,11,16,21H,1,9-10,12-13H2/t16-/m1/s1. The van der Waals surface area contributed by atoms with Gasteiger partial charge in [0.15, 0.2) is 0 Å². The normalized spacial score (nSPS) is 19.1. The number of nitrogens with zero attached hydrogens (tertiary/aromatic N) is 2. The predicted molar refractivity (Wildman–Crippen MR) is 95.5 cm³/mol. The molecule has 1 amide bonds. The van der Waals surface area contributed by atoms with Crippen LogP contribution in [-0.4, -0.2) is 60.9 Å². The Labute approximate surface area is 147 Å². The maximum Gasteiger partial charge on any atom is 0.246 e. The Morgan fingerprint density at radius 2 is 1.92 bits per heavy atom. The van der Waals surface area contributed by atoms with Crippen LogP contribution in [0.2, 0.25) is 0 Å². The van der Waals surface area contributed by atoms with Crippen LogP contribution in [-0.2, 0) is 14.8 Å². The van der Waals surface area contributed by atoms with Gasteiger partial charge in [-0.05, 0) is 29.0 Å². The van der Waals surface area contributed by atoms with E-state index in [9.17, 15) is 18.3 Å². The van der Waals surface area contributed by atoms with Gasteiger partial charge in [0.1, 0.15) is 0 Å². The van der Waals surface area contributed by atoms with E-state index in [1.807, 2.05) is 24.3 Å². The molecule has 0 saturated carbocycles. The summed E-state index contributed by atoms with van der Waals surface area (Å²) in [6, 6.07) is 11.8. The maximum absolute atomic E-state index is 13.0. The molecule has 1 fully saturated rings. The van der Waals surface area contributed by atoms with Gasteiger partial charge in [-0.1, -0.05) is 36.9 Å². The third-order valence-electron chi connectivity index (χ3n) is 4.45. The van der Waals surface area contributed by atoms with Gasteiger partial charge in [-0.15, -0.1) is 0 Å². The molecule has 1 aliphatic heterocycles. The van der Waals surface area contributed by atoms with Gasteiger partial charge in [0.2, 0.25) is 15.9 Å². The number of piperazine rings is 1. The zero-order chi connectivity index (χ0) is 18.0. The molecular weight excluding hydrogens is 340 g/mol. The highest BCUT2D eigenvalue weighted by atomic mass is 32.2. The molecule has 2 aromatic carbocycles. The van der Waals surface area contributed by atoms with Crippen LogP contribution in [0.4, 0.5) is 0 Å². The number of hydrogen-bond acceptors (Lipinski definition) is 4. The molecule has 132 valence electrons. The summed E-state index contributed by atoms with van der Waals surface area (Å²) >= 11 is 0. The fraction of sp³-hybridized carbons (Fsp3) is 0.278. The van der Waals surface area contributed by atoms with E-state index in [1.165, 1.54) is 15.3 Å². The van der Waals surface area contributed by atoms with Gasteiger partial charge in [0.05, 0.1) is 17.5 Å². The molecule has 0 bridgehead atoms. The molecule has 0 aromatic heterocycles. The van der Waals surface area contributed by atoms with Gasteiger partial charge in [0.25, 0.3) is 0 Å². The van der Waals surface area contributed by atoms with Crippen LogP contribution in [0, 0.1) is 0 Å². The van der Waals surface area contributed by atoms with Crippen molar-refractivity contribution in [3.63, 3.8) is 0 Å². The van der Waals surface area contributed by atoms with E-state index < -0.39 is 16.1 Å². The van der Waals surface area contributed by atoms with Crippen molar-refractivity contribution in [3.8, 4) is 0 Å². The second-order valence-electron chi connectivity index (χ2n) is 5.95. The van der Waals surface area contributed by atoms with Crippen LogP contribution in [0.5, 0.6) is 0 Å². The number of aliphatic hydroxyl groups is 1. The monoisotopic (exact) mass is 360 g/mol. The molecule has 1 saturated heterocycles. The Morgan fingerprint density at radius 3 is 2.60 bits per heavy atom. The van der Waals surface area contributed by atoms with E-state index in [2.05, 4.69) is 6.58 Å². The summed E-state index contributed by atoms with van der Waals surface area (Å²) in [7, 11) is -3.76. The number of amides is 1. The average molecular weight is 360 g/mol. The fourth-order valence-electron chi connectivity index (χ4n) is 3.10. The summed E-state index contributed by atoms with van der Waals surface area (Å²) in [5.74, 6) is -0.263. The highest BCUT2D eigenvalue weighted by Gasteiger charge is 2.36. The summed E-state index contributed by atoms with van der Waals surface area (Å²) in [4.78, 5) is 13.4. The number of hydrogen-bond donors (Lipinski definition) is 1. The zero-order valence-electron chi connectivity index (χ0n) is 13.7. The number of fused-ring (bicyclic) bond motifs is 1.